The number of carboxylic acids is 1. The minimum atomic E-state index is -0.765. The van der Waals surface area contributed by atoms with Gasteiger partial charge in [0.05, 0.1) is 5.92 Å². The molecule has 0 spiro atoms. The molecule has 120 valence electrons. The molecule has 6 heteroatoms. The molecule has 1 saturated carbocycles. The summed E-state index contributed by atoms with van der Waals surface area (Å²) < 4.78 is 0. The van der Waals surface area contributed by atoms with Crippen LogP contribution in [0.15, 0.2) is 0 Å². The van der Waals surface area contributed by atoms with Crippen LogP contribution >= 0.6 is 0 Å². The maximum atomic E-state index is 12.0. The van der Waals surface area contributed by atoms with Gasteiger partial charge in [0.15, 0.2) is 0 Å². The van der Waals surface area contributed by atoms with Crippen molar-refractivity contribution in [2.24, 2.45) is 11.8 Å². The number of carboxylic acid groups (broad SMARTS) is 1. The van der Waals surface area contributed by atoms with Crippen LogP contribution in [-0.2, 0) is 14.4 Å². The van der Waals surface area contributed by atoms with E-state index in [1.54, 1.807) is 4.90 Å². The Balaban J connectivity index is 2.26. The molecule has 0 unspecified atom stereocenters. The molecule has 0 aromatic heterocycles. The maximum Gasteiger partial charge on any atom is 0.306 e. The fraction of sp³-hybridized carbons (Fsp3) is 0.800. The van der Waals surface area contributed by atoms with Crippen molar-refractivity contribution in [2.75, 3.05) is 19.6 Å². The monoisotopic (exact) mass is 298 g/mol. The highest BCUT2D eigenvalue weighted by Gasteiger charge is 2.29. The average Bonchev–Trinajstić information content (AvgIpc) is 2.48. The average molecular weight is 298 g/mol. The lowest BCUT2D eigenvalue weighted by Gasteiger charge is -2.25. The van der Waals surface area contributed by atoms with Gasteiger partial charge in [0.1, 0.15) is 0 Å². The number of nitrogens with zero attached hydrogens (tertiary/aromatic N) is 1. The molecule has 2 amide bonds. The minimum absolute atomic E-state index is 0.0498. The first-order valence-electron chi connectivity index (χ1n) is 7.77. The molecule has 0 atom stereocenters. The maximum absolute atomic E-state index is 12.0. The molecule has 1 aliphatic carbocycles. The SMILES string of the molecule is CCN(CC)C(=O)CCNC(=O)C1CCC(C(=O)O)CC1. The normalized spacial score (nSPS) is 21.6. The number of hydrogen-bond acceptors (Lipinski definition) is 3. The fourth-order valence-electron chi connectivity index (χ4n) is 2.77. The van der Waals surface area contributed by atoms with Gasteiger partial charge in [0, 0.05) is 32.0 Å². The lowest BCUT2D eigenvalue weighted by molar-refractivity contribution is -0.144. The third kappa shape index (κ3) is 5.36. The fourth-order valence-corrected chi connectivity index (χ4v) is 2.77. The Morgan fingerprint density at radius 3 is 2.05 bits per heavy atom. The summed E-state index contributed by atoms with van der Waals surface area (Å²) in [5, 5.41) is 11.7. The molecule has 6 nitrogen and oxygen atoms in total. The number of amides is 2. The second-order valence-corrected chi connectivity index (χ2v) is 5.49. The van der Waals surface area contributed by atoms with Gasteiger partial charge in [-0.05, 0) is 39.5 Å². The summed E-state index contributed by atoms with van der Waals surface area (Å²) in [5.74, 6) is -1.18. The van der Waals surface area contributed by atoms with Crippen LogP contribution in [0, 0.1) is 11.8 Å². The number of hydrogen-bond donors (Lipinski definition) is 2. The summed E-state index contributed by atoms with van der Waals surface area (Å²) in [7, 11) is 0. The van der Waals surface area contributed by atoms with Gasteiger partial charge in [-0.25, -0.2) is 0 Å². The molecule has 1 rings (SSSR count). The Bertz CT molecular complexity index is 372. The Labute approximate surface area is 125 Å². The number of rotatable bonds is 7. The van der Waals surface area contributed by atoms with E-state index in [0.717, 1.165) is 0 Å². The van der Waals surface area contributed by atoms with E-state index in [1.807, 2.05) is 13.8 Å². The van der Waals surface area contributed by atoms with Crippen molar-refractivity contribution >= 4 is 17.8 Å². The van der Waals surface area contributed by atoms with Crippen LogP contribution in [0.5, 0.6) is 0 Å². The molecular formula is C15H26N2O4. The third-order valence-electron chi connectivity index (χ3n) is 4.20. The molecule has 2 N–H and O–H groups in total. The van der Waals surface area contributed by atoms with Gasteiger partial charge < -0.3 is 15.3 Å². The van der Waals surface area contributed by atoms with Gasteiger partial charge in [-0.3, -0.25) is 14.4 Å². The van der Waals surface area contributed by atoms with Crippen molar-refractivity contribution in [1.29, 1.82) is 0 Å². The number of aliphatic carboxylic acids is 1. The second-order valence-electron chi connectivity index (χ2n) is 5.49. The molecule has 0 heterocycles. The van der Waals surface area contributed by atoms with Crippen molar-refractivity contribution in [3.63, 3.8) is 0 Å². The zero-order chi connectivity index (χ0) is 15.8. The molecule has 0 saturated heterocycles. The van der Waals surface area contributed by atoms with Gasteiger partial charge in [-0.1, -0.05) is 0 Å². The summed E-state index contributed by atoms with van der Waals surface area (Å²) in [6.07, 6.45) is 2.68. The quantitative estimate of drug-likeness (QED) is 0.740. The van der Waals surface area contributed by atoms with Crippen molar-refractivity contribution < 1.29 is 19.5 Å². The molecule has 21 heavy (non-hydrogen) atoms. The molecule has 0 aromatic rings. The summed E-state index contributed by atoms with van der Waals surface area (Å²) in [6, 6.07) is 0. The zero-order valence-corrected chi connectivity index (χ0v) is 12.9. The standard InChI is InChI=1S/C15H26N2O4/c1-3-17(4-2)13(18)9-10-16-14(19)11-5-7-12(8-6-11)15(20)21/h11-12H,3-10H2,1-2H3,(H,16,19)(H,20,21). The number of carbonyl (C=O) groups is 3. The minimum Gasteiger partial charge on any atom is -0.481 e. The highest BCUT2D eigenvalue weighted by atomic mass is 16.4. The lowest BCUT2D eigenvalue weighted by atomic mass is 9.81. The van der Waals surface area contributed by atoms with Gasteiger partial charge in [0.2, 0.25) is 11.8 Å². The van der Waals surface area contributed by atoms with Crippen LogP contribution < -0.4 is 5.32 Å². The highest BCUT2D eigenvalue weighted by molar-refractivity contribution is 5.81. The van der Waals surface area contributed by atoms with E-state index in [9.17, 15) is 14.4 Å². The predicted molar refractivity (Wildman–Crippen MR) is 78.6 cm³/mol. The Hall–Kier alpha value is -1.59. The molecular weight excluding hydrogens is 272 g/mol. The summed E-state index contributed by atoms with van der Waals surface area (Å²) >= 11 is 0. The molecule has 0 bridgehead atoms. The van der Waals surface area contributed by atoms with E-state index >= 15 is 0 Å². The number of carbonyl (C=O) groups excluding carboxylic acids is 2. The lowest BCUT2D eigenvalue weighted by Crippen LogP contribution is -2.37. The van der Waals surface area contributed by atoms with Gasteiger partial charge >= 0.3 is 5.97 Å². The van der Waals surface area contributed by atoms with E-state index in [1.165, 1.54) is 0 Å². The van der Waals surface area contributed by atoms with E-state index in [2.05, 4.69) is 5.32 Å². The van der Waals surface area contributed by atoms with Gasteiger partial charge in [0.25, 0.3) is 0 Å². The van der Waals surface area contributed by atoms with E-state index < -0.39 is 5.97 Å². The topological polar surface area (TPSA) is 86.7 Å². The van der Waals surface area contributed by atoms with Crippen molar-refractivity contribution in [3.8, 4) is 0 Å². The first-order chi connectivity index (χ1) is 9.99. The highest BCUT2D eigenvalue weighted by Crippen LogP contribution is 2.28. The molecule has 1 aliphatic rings. The second kappa shape index (κ2) is 8.64. The van der Waals surface area contributed by atoms with Gasteiger partial charge in [-0.15, -0.1) is 0 Å². The smallest absolute Gasteiger partial charge is 0.306 e. The summed E-state index contributed by atoms with van der Waals surface area (Å²) in [6.45, 7) is 5.58. The predicted octanol–water partition coefficient (Wildman–Crippen LogP) is 1.25. The molecule has 0 aliphatic heterocycles. The first kappa shape index (κ1) is 17.5. The van der Waals surface area contributed by atoms with E-state index in [4.69, 9.17) is 5.11 Å². The Kier molecular flexibility index (Phi) is 7.19. The Morgan fingerprint density at radius 1 is 1.05 bits per heavy atom. The van der Waals surface area contributed by atoms with Crippen LogP contribution in [0.25, 0.3) is 0 Å². The van der Waals surface area contributed by atoms with Gasteiger partial charge in [-0.2, -0.15) is 0 Å². The number of nitrogens with one attached hydrogen (secondary N) is 1. The van der Waals surface area contributed by atoms with E-state index in [0.29, 0.717) is 51.7 Å². The largest absolute Gasteiger partial charge is 0.481 e. The van der Waals surface area contributed by atoms with Crippen LogP contribution in [0.2, 0.25) is 0 Å². The van der Waals surface area contributed by atoms with Crippen LogP contribution in [0.3, 0.4) is 0 Å². The van der Waals surface area contributed by atoms with Crippen LogP contribution in [-0.4, -0.2) is 47.4 Å². The molecule has 1 fully saturated rings. The van der Waals surface area contributed by atoms with Crippen LogP contribution in [0.1, 0.15) is 46.0 Å². The molecule has 0 aromatic carbocycles. The van der Waals surface area contributed by atoms with Crippen LogP contribution in [0.4, 0.5) is 0 Å². The first-order valence-corrected chi connectivity index (χ1v) is 7.77. The van der Waals surface area contributed by atoms with Crippen molar-refractivity contribution in [3.05, 3.63) is 0 Å². The Morgan fingerprint density at radius 2 is 1.57 bits per heavy atom. The van der Waals surface area contributed by atoms with E-state index in [-0.39, 0.29) is 23.7 Å². The molecule has 0 radical (unpaired) electrons. The zero-order valence-electron chi connectivity index (χ0n) is 12.9. The third-order valence-corrected chi connectivity index (χ3v) is 4.20. The summed E-state index contributed by atoms with van der Waals surface area (Å²) in [5.41, 5.74) is 0. The summed E-state index contributed by atoms with van der Waals surface area (Å²) in [4.78, 5) is 36.4. The van der Waals surface area contributed by atoms with Crippen molar-refractivity contribution in [1.82, 2.24) is 10.2 Å². The van der Waals surface area contributed by atoms with Crippen molar-refractivity contribution in [2.45, 2.75) is 46.0 Å².